The predicted molar refractivity (Wildman–Crippen MR) is 107 cm³/mol. The van der Waals surface area contributed by atoms with Crippen molar-refractivity contribution < 1.29 is 9.53 Å². The summed E-state index contributed by atoms with van der Waals surface area (Å²) < 4.78 is 6.93. The van der Waals surface area contributed by atoms with E-state index in [1.54, 1.807) is 11.5 Å². The molecule has 8 nitrogen and oxygen atoms in total. The Morgan fingerprint density at radius 2 is 2.04 bits per heavy atom. The molecule has 1 aliphatic rings. The van der Waals surface area contributed by atoms with Gasteiger partial charge in [0.2, 0.25) is 5.91 Å². The van der Waals surface area contributed by atoms with Crippen LogP contribution in [-0.2, 0) is 16.1 Å². The number of benzene rings is 1. The number of hydrogen-bond acceptors (Lipinski definition) is 6. The molecule has 2 N–H and O–H groups in total. The van der Waals surface area contributed by atoms with Crippen LogP contribution in [0, 0.1) is 0 Å². The van der Waals surface area contributed by atoms with Crippen molar-refractivity contribution in [1.82, 2.24) is 14.8 Å². The Kier molecular flexibility index (Phi) is 6.57. The Morgan fingerprint density at radius 1 is 1.33 bits per heavy atom. The third-order valence-electron chi connectivity index (χ3n) is 4.33. The van der Waals surface area contributed by atoms with Gasteiger partial charge in [-0.2, -0.15) is 0 Å². The number of nitrogens with one attached hydrogen (secondary N) is 2. The first-order valence-electron chi connectivity index (χ1n) is 9.14. The van der Waals surface area contributed by atoms with E-state index in [2.05, 4.69) is 20.4 Å². The van der Waals surface area contributed by atoms with Crippen LogP contribution in [0.2, 0.25) is 0 Å². The number of amides is 1. The van der Waals surface area contributed by atoms with Gasteiger partial charge in [-0.15, -0.1) is 5.10 Å². The van der Waals surface area contributed by atoms with Gasteiger partial charge >= 0.3 is 5.69 Å². The highest BCUT2D eigenvalue weighted by atomic mass is 32.2. The number of aromatic amines is 1. The van der Waals surface area contributed by atoms with Crippen LogP contribution in [0.4, 0.5) is 11.4 Å². The molecule has 1 fully saturated rings. The number of nitrogens with zero attached hydrogens (tertiary/aromatic N) is 3. The minimum absolute atomic E-state index is 0.127. The summed E-state index contributed by atoms with van der Waals surface area (Å²) in [7, 11) is 0. The number of H-pyrrole nitrogens is 1. The maximum atomic E-state index is 12.5. The molecular formula is C18H25N5O3S. The lowest BCUT2D eigenvalue weighted by Gasteiger charge is -2.28. The zero-order valence-corrected chi connectivity index (χ0v) is 16.4. The van der Waals surface area contributed by atoms with Crippen molar-refractivity contribution in [1.29, 1.82) is 0 Å². The molecular weight excluding hydrogens is 366 g/mol. The lowest BCUT2D eigenvalue weighted by molar-refractivity contribution is -0.115. The summed E-state index contributed by atoms with van der Waals surface area (Å²) in [5, 5.41) is 9.54. The maximum Gasteiger partial charge on any atom is 0.343 e. The van der Waals surface area contributed by atoms with Crippen LogP contribution in [0.25, 0.3) is 0 Å². The van der Waals surface area contributed by atoms with Crippen molar-refractivity contribution in [2.45, 2.75) is 37.2 Å². The van der Waals surface area contributed by atoms with Crippen molar-refractivity contribution in [3.8, 4) is 0 Å². The van der Waals surface area contributed by atoms with E-state index in [0.717, 1.165) is 44.1 Å². The summed E-state index contributed by atoms with van der Waals surface area (Å²) in [5.41, 5.74) is 1.63. The van der Waals surface area contributed by atoms with E-state index < -0.39 is 0 Å². The molecule has 9 heteroatoms. The molecule has 146 valence electrons. The second-order valence-corrected chi connectivity index (χ2v) is 7.67. The van der Waals surface area contributed by atoms with Crippen LogP contribution in [0.1, 0.15) is 20.3 Å². The van der Waals surface area contributed by atoms with Gasteiger partial charge in [0.05, 0.1) is 18.5 Å². The molecule has 0 spiro atoms. The molecule has 1 aliphatic heterocycles. The summed E-state index contributed by atoms with van der Waals surface area (Å²) in [6, 6.07) is 7.82. The molecule has 0 saturated carbocycles. The Hall–Kier alpha value is -2.26. The highest BCUT2D eigenvalue weighted by Crippen LogP contribution is 2.23. The molecule has 1 saturated heterocycles. The highest BCUT2D eigenvalue weighted by Gasteiger charge is 2.19. The van der Waals surface area contributed by atoms with Crippen molar-refractivity contribution in [2.24, 2.45) is 0 Å². The molecule has 0 unspecified atom stereocenters. The van der Waals surface area contributed by atoms with Crippen LogP contribution in [0.3, 0.4) is 0 Å². The smallest absolute Gasteiger partial charge is 0.343 e. The Labute approximate surface area is 162 Å². The van der Waals surface area contributed by atoms with E-state index in [0.29, 0.717) is 11.7 Å². The third-order valence-corrected chi connectivity index (χ3v) is 5.42. The minimum atomic E-state index is -0.380. The number of ether oxygens (including phenoxy) is 1. The molecule has 1 aromatic carbocycles. The quantitative estimate of drug-likeness (QED) is 0.701. The molecule has 0 aliphatic carbocycles. The number of carbonyl (C=O) groups excluding carboxylic acids is 1. The van der Waals surface area contributed by atoms with Crippen LogP contribution < -0.4 is 15.9 Å². The van der Waals surface area contributed by atoms with E-state index in [1.165, 1.54) is 11.8 Å². The van der Waals surface area contributed by atoms with Gasteiger partial charge in [0.1, 0.15) is 0 Å². The first-order chi connectivity index (χ1) is 13.1. The topological polar surface area (TPSA) is 92.2 Å². The average Bonchev–Trinajstić information content (AvgIpc) is 3.03. The Morgan fingerprint density at radius 3 is 2.70 bits per heavy atom. The molecule has 27 heavy (non-hydrogen) atoms. The number of rotatable bonds is 7. The summed E-state index contributed by atoms with van der Waals surface area (Å²) in [6.45, 7) is 7.61. The molecule has 2 heterocycles. The number of carbonyl (C=O) groups is 1. The zero-order valence-electron chi connectivity index (χ0n) is 15.6. The van der Waals surface area contributed by atoms with Gasteiger partial charge in [-0.25, -0.2) is 9.89 Å². The average molecular weight is 391 g/mol. The van der Waals surface area contributed by atoms with E-state index >= 15 is 0 Å². The van der Waals surface area contributed by atoms with Crippen molar-refractivity contribution in [3.05, 3.63) is 34.7 Å². The van der Waals surface area contributed by atoms with Gasteiger partial charge in [-0.05, 0) is 37.6 Å². The fourth-order valence-electron chi connectivity index (χ4n) is 2.85. The van der Waals surface area contributed by atoms with Crippen molar-refractivity contribution >= 4 is 29.0 Å². The van der Waals surface area contributed by atoms with Gasteiger partial charge in [-0.1, -0.05) is 18.7 Å². The third kappa shape index (κ3) is 4.92. The largest absolute Gasteiger partial charge is 0.378 e. The number of anilines is 2. The van der Waals surface area contributed by atoms with Crippen LogP contribution in [-0.4, -0.2) is 52.2 Å². The van der Waals surface area contributed by atoms with E-state index in [-0.39, 0.29) is 16.8 Å². The molecule has 0 radical (unpaired) electrons. The van der Waals surface area contributed by atoms with E-state index in [1.807, 2.05) is 31.2 Å². The second-order valence-electron chi connectivity index (χ2n) is 6.36. The van der Waals surface area contributed by atoms with Crippen LogP contribution in [0.5, 0.6) is 0 Å². The maximum absolute atomic E-state index is 12.5. The standard InChI is InChI=1S/C18H25N5O3S/c1-3-8-23-17(25)20-21-18(23)27-13(2)16(24)19-14-4-6-15(7-5-14)22-9-11-26-12-10-22/h4-7,13H,3,8-12H2,1-2H3,(H,19,24)(H,20,25)/t13-/m0/s1. The number of morpholine rings is 1. The molecule has 2 aromatic rings. The molecule has 1 amide bonds. The first-order valence-corrected chi connectivity index (χ1v) is 10.0. The Balaban J connectivity index is 1.58. The highest BCUT2D eigenvalue weighted by molar-refractivity contribution is 8.00. The lowest BCUT2D eigenvalue weighted by Crippen LogP contribution is -2.36. The zero-order chi connectivity index (χ0) is 19.2. The molecule has 0 bridgehead atoms. The number of thioether (sulfide) groups is 1. The summed E-state index contributed by atoms with van der Waals surface area (Å²) in [4.78, 5) is 26.5. The Bertz CT molecular complexity index is 811. The van der Waals surface area contributed by atoms with E-state index in [4.69, 9.17) is 4.74 Å². The van der Waals surface area contributed by atoms with E-state index in [9.17, 15) is 9.59 Å². The van der Waals surface area contributed by atoms with Gasteiger partial charge < -0.3 is 15.0 Å². The number of aromatic nitrogens is 3. The molecule has 1 aromatic heterocycles. The summed E-state index contributed by atoms with van der Waals surface area (Å²) >= 11 is 1.27. The van der Waals surface area contributed by atoms with Gasteiger partial charge in [0, 0.05) is 31.0 Å². The fraction of sp³-hybridized carbons (Fsp3) is 0.500. The van der Waals surface area contributed by atoms with Gasteiger partial charge in [0.15, 0.2) is 5.16 Å². The van der Waals surface area contributed by atoms with Crippen LogP contribution >= 0.6 is 11.8 Å². The van der Waals surface area contributed by atoms with Crippen molar-refractivity contribution in [3.63, 3.8) is 0 Å². The fourth-order valence-corrected chi connectivity index (χ4v) is 3.73. The normalized spacial score (nSPS) is 15.6. The van der Waals surface area contributed by atoms with Crippen LogP contribution in [0.15, 0.2) is 34.2 Å². The summed E-state index contributed by atoms with van der Waals surface area (Å²) in [5.74, 6) is -0.127. The summed E-state index contributed by atoms with van der Waals surface area (Å²) in [6.07, 6.45) is 0.822. The molecule has 1 atom stereocenters. The predicted octanol–water partition coefficient (Wildman–Crippen LogP) is 1.94. The minimum Gasteiger partial charge on any atom is -0.378 e. The number of hydrogen-bond donors (Lipinski definition) is 2. The van der Waals surface area contributed by atoms with Crippen molar-refractivity contribution in [2.75, 3.05) is 36.5 Å². The SMILES string of the molecule is CCCn1c(S[C@@H](C)C(=O)Nc2ccc(N3CCOCC3)cc2)n[nH]c1=O. The van der Waals surface area contributed by atoms with Gasteiger partial charge in [0.25, 0.3) is 0 Å². The van der Waals surface area contributed by atoms with Gasteiger partial charge in [-0.3, -0.25) is 9.36 Å². The first kappa shape index (κ1) is 19.5. The monoisotopic (exact) mass is 391 g/mol. The second kappa shape index (κ2) is 9.09. The lowest BCUT2D eigenvalue weighted by atomic mass is 10.2. The molecule has 3 rings (SSSR count).